The number of aliphatic imine (C=N–C) groups is 1. The van der Waals surface area contributed by atoms with Crippen LogP contribution < -0.4 is 5.32 Å². The number of morpholine rings is 1. The average Bonchev–Trinajstić information content (AvgIpc) is 3.33. The van der Waals surface area contributed by atoms with Gasteiger partial charge in [0.05, 0.1) is 19.8 Å². The number of hydrogen-bond donors (Lipinski definition) is 1. The summed E-state index contributed by atoms with van der Waals surface area (Å²) >= 11 is 3.62. The summed E-state index contributed by atoms with van der Waals surface area (Å²) in [7, 11) is 0. The molecular formula is C21H31BrN4O. The van der Waals surface area contributed by atoms with E-state index in [1.807, 2.05) is 0 Å². The maximum atomic E-state index is 5.51. The van der Waals surface area contributed by atoms with Gasteiger partial charge < -0.3 is 15.0 Å². The van der Waals surface area contributed by atoms with Crippen molar-refractivity contribution in [2.45, 2.75) is 37.6 Å². The maximum Gasteiger partial charge on any atom is 0.193 e. The molecular weight excluding hydrogens is 404 g/mol. The van der Waals surface area contributed by atoms with Crippen molar-refractivity contribution in [2.24, 2.45) is 4.99 Å². The van der Waals surface area contributed by atoms with E-state index in [-0.39, 0.29) is 5.41 Å². The van der Waals surface area contributed by atoms with Crippen LogP contribution in [0.3, 0.4) is 0 Å². The van der Waals surface area contributed by atoms with Crippen LogP contribution in [-0.4, -0.2) is 74.3 Å². The van der Waals surface area contributed by atoms with Gasteiger partial charge in [-0.3, -0.25) is 9.89 Å². The minimum Gasteiger partial charge on any atom is -0.379 e. The maximum absolute atomic E-state index is 5.51. The first-order valence-electron chi connectivity index (χ1n) is 10.3. The molecule has 1 aliphatic carbocycles. The highest BCUT2D eigenvalue weighted by molar-refractivity contribution is 9.10. The Morgan fingerprint density at radius 1 is 1.30 bits per heavy atom. The third-order valence-electron chi connectivity index (χ3n) is 6.18. The lowest BCUT2D eigenvalue weighted by atomic mass is 9.96. The highest BCUT2D eigenvalue weighted by Gasteiger charge is 2.44. The molecule has 1 unspecified atom stereocenters. The Bertz CT molecular complexity index is 670. The Labute approximate surface area is 171 Å². The summed E-state index contributed by atoms with van der Waals surface area (Å²) in [4.78, 5) is 10.1. The van der Waals surface area contributed by atoms with E-state index in [0.717, 1.165) is 62.9 Å². The number of likely N-dealkylation sites (tertiary alicyclic amines) is 1. The van der Waals surface area contributed by atoms with Crippen molar-refractivity contribution in [2.75, 3.05) is 52.5 Å². The number of rotatable bonds is 5. The first kappa shape index (κ1) is 19.2. The van der Waals surface area contributed by atoms with Crippen molar-refractivity contribution in [3.05, 3.63) is 34.3 Å². The molecule has 1 N–H and O–H groups in total. The number of hydrogen-bond acceptors (Lipinski definition) is 3. The van der Waals surface area contributed by atoms with E-state index in [2.05, 4.69) is 62.2 Å². The van der Waals surface area contributed by atoms with Crippen LogP contribution in [-0.2, 0) is 10.2 Å². The van der Waals surface area contributed by atoms with Crippen molar-refractivity contribution in [1.82, 2.24) is 15.1 Å². The summed E-state index contributed by atoms with van der Waals surface area (Å²) in [6.45, 7) is 10.0. The summed E-state index contributed by atoms with van der Waals surface area (Å²) < 4.78 is 6.67. The van der Waals surface area contributed by atoms with E-state index in [0.29, 0.717) is 6.04 Å². The zero-order valence-corrected chi connectivity index (χ0v) is 17.9. The molecule has 4 rings (SSSR count). The molecule has 0 spiro atoms. The molecule has 0 bridgehead atoms. The Morgan fingerprint density at radius 3 is 2.81 bits per heavy atom. The monoisotopic (exact) mass is 434 g/mol. The van der Waals surface area contributed by atoms with Crippen molar-refractivity contribution < 1.29 is 4.74 Å². The summed E-state index contributed by atoms with van der Waals surface area (Å²) in [6.07, 6.45) is 3.70. The molecule has 0 radical (unpaired) electrons. The van der Waals surface area contributed by atoms with Crippen molar-refractivity contribution in [1.29, 1.82) is 0 Å². The fourth-order valence-corrected chi connectivity index (χ4v) is 4.73. The average molecular weight is 435 g/mol. The molecule has 2 aliphatic heterocycles. The van der Waals surface area contributed by atoms with Gasteiger partial charge >= 0.3 is 0 Å². The van der Waals surface area contributed by atoms with Crippen molar-refractivity contribution in [3.63, 3.8) is 0 Å². The van der Waals surface area contributed by atoms with Crippen LogP contribution in [0.2, 0.25) is 0 Å². The highest BCUT2D eigenvalue weighted by Crippen LogP contribution is 2.48. The molecule has 2 heterocycles. The van der Waals surface area contributed by atoms with Gasteiger partial charge in [0, 0.05) is 48.7 Å². The molecule has 2 saturated heterocycles. The smallest absolute Gasteiger partial charge is 0.193 e. The largest absolute Gasteiger partial charge is 0.379 e. The zero-order chi connectivity index (χ0) is 18.7. The fourth-order valence-electron chi connectivity index (χ4n) is 4.33. The SMILES string of the molecule is CCNC(=NCC1(c2cccc(Br)c2)CC1)N1CCC(N2CCOCC2)C1. The molecule has 1 saturated carbocycles. The van der Waals surface area contributed by atoms with Crippen LogP contribution in [0.4, 0.5) is 0 Å². The van der Waals surface area contributed by atoms with Gasteiger partial charge in [0.1, 0.15) is 0 Å². The van der Waals surface area contributed by atoms with E-state index >= 15 is 0 Å². The Kier molecular flexibility index (Phi) is 6.05. The first-order valence-corrected chi connectivity index (χ1v) is 11.1. The van der Waals surface area contributed by atoms with Gasteiger partial charge in [-0.15, -0.1) is 0 Å². The van der Waals surface area contributed by atoms with Gasteiger partial charge in [-0.05, 0) is 43.9 Å². The van der Waals surface area contributed by atoms with Gasteiger partial charge in [0.2, 0.25) is 0 Å². The number of guanidine groups is 1. The second-order valence-electron chi connectivity index (χ2n) is 8.00. The van der Waals surface area contributed by atoms with Gasteiger partial charge in [-0.2, -0.15) is 0 Å². The van der Waals surface area contributed by atoms with E-state index < -0.39 is 0 Å². The predicted molar refractivity (Wildman–Crippen MR) is 113 cm³/mol. The van der Waals surface area contributed by atoms with E-state index in [1.165, 1.54) is 24.8 Å². The molecule has 0 amide bonds. The second kappa shape index (κ2) is 8.50. The fraction of sp³-hybridized carbons (Fsp3) is 0.667. The molecule has 148 valence electrons. The van der Waals surface area contributed by atoms with Gasteiger partial charge in [-0.25, -0.2) is 0 Å². The quantitative estimate of drug-likeness (QED) is 0.571. The normalized spacial score (nSPS) is 25.6. The lowest BCUT2D eigenvalue weighted by Gasteiger charge is -2.32. The summed E-state index contributed by atoms with van der Waals surface area (Å²) in [6, 6.07) is 9.40. The van der Waals surface area contributed by atoms with Crippen LogP contribution in [0.25, 0.3) is 0 Å². The highest BCUT2D eigenvalue weighted by atomic mass is 79.9. The van der Waals surface area contributed by atoms with Gasteiger partial charge in [0.15, 0.2) is 5.96 Å². The number of nitrogens with one attached hydrogen (secondary N) is 1. The third-order valence-corrected chi connectivity index (χ3v) is 6.68. The van der Waals surface area contributed by atoms with Gasteiger partial charge in [0.25, 0.3) is 0 Å². The number of nitrogens with zero attached hydrogens (tertiary/aromatic N) is 3. The molecule has 1 aromatic rings. The van der Waals surface area contributed by atoms with Gasteiger partial charge in [-0.1, -0.05) is 28.1 Å². The molecule has 5 nitrogen and oxygen atoms in total. The summed E-state index contributed by atoms with van der Waals surface area (Å²) in [5.41, 5.74) is 1.66. The lowest BCUT2D eigenvalue weighted by molar-refractivity contribution is 0.0195. The predicted octanol–water partition coefficient (Wildman–Crippen LogP) is 2.85. The van der Waals surface area contributed by atoms with Crippen LogP contribution in [0.15, 0.2) is 33.7 Å². The minimum absolute atomic E-state index is 0.244. The summed E-state index contributed by atoms with van der Waals surface area (Å²) in [5.74, 6) is 1.09. The topological polar surface area (TPSA) is 40.1 Å². The molecule has 27 heavy (non-hydrogen) atoms. The third kappa shape index (κ3) is 4.49. The molecule has 3 aliphatic rings. The van der Waals surface area contributed by atoms with Crippen LogP contribution in [0.5, 0.6) is 0 Å². The molecule has 1 atom stereocenters. The Balaban J connectivity index is 1.42. The zero-order valence-electron chi connectivity index (χ0n) is 16.3. The Hall–Kier alpha value is -1.11. The minimum atomic E-state index is 0.244. The van der Waals surface area contributed by atoms with E-state index in [9.17, 15) is 0 Å². The van der Waals surface area contributed by atoms with Crippen LogP contribution >= 0.6 is 15.9 Å². The molecule has 6 heteroatoms. The summed E-state index contributed by atoms with van der Waals surface area (Å²) in [5, 5.41) is 3.53. The standard InChI is InChI=1S/C21H31BrN4O/c1-2-23-20(26-9-6-19(15-26)25-10-12-27-13-11-25)24-16-21(7-8-21)17-4-3-5-18(22)14-17/h3-5,14,19H,2,6-13,15-16H2,1H3,(H,23,24). The first-order chi connectivity index (χ1) is 13.2. The van der Waals surface area contributed by atoms with Crippen molar-refractivity contribution in [3.8, 4) is 0 Å². The second-order valence-corrected chi connectivity index (χ2v) is 8.91. The van der Waals surface area contributed by atoms with Crippen molar-refractivity contribution >= 4 is 21.9 Å². The number of benzene rings is 1. The number of halogens is 1. The molecule has 3 fully saturated rings. The Morgan fingerprint density at radius 2 is 2.11 bits per heavy atom. The molecule has 0 aromatic heterocycles. The van der Waals surface area contributed by atoms with Crippen LogP contribution in [0.1, 0.15) is 31.7 Å². The van der Waals surface area contributed by atoms with Crippen LogP contribution in [0, 0.1) is 0 Å². The molecule has 1 aromatic carbocycles. The number of ether oxygens (including phenoxy) is 1. The lowest BCUT2D eigenvalue weighted by Crippen LogP contribution is -2.46. The van der Waals surface area contributed by atoms with E-state index in [4.69, 9.17) is 9.73 Å². The van der Waals surface area contributed by atoms with E-state index in [1.54, 1.807) is 0 Å².